The summed E-state index contributed by atoms with van der Waals surface area (Å²) in [5, 5.41) is 24.6. The Hall–Kier alpha value is -3.77. The molecule has 1 saturated heterocycles. The van der Waals surface area contributed by atoms with Gasteiger partial charge in [-0.15, -0.1) is 5.10 Å². The summed E-state index contributed by atoms with van der Waals surface area (Å²) in [6, 6.07) is 4.50. The summed E-state index contributed by atoms with van der Waals surface area (Å²) in [6.45, 7) is 10.0. The second-order valence-corrected chi connectivity index (χ2v) is 11.9. The Morgan fingerprint density at radius 3 is 2.59 bits per heavy atom. The number of ether oxygens (including phenoxy) is 2. The molecule has 1 aliphatic rings. The minimum Gasteiger partial charge on any atom is -0.488 e. The van der Waals surface area contributed by atoms with Crippen molar-refractivity contribution < 1.29 is 23.8 Å². The Bertz CT molecular complexity index is 1550. The fourth-order valence-electron chi connectivity index (χ4n) is 4.85. The largest absolute Gasteiger partial charge is 0.488 e. The van der Waals surface area contributed by atoms with E-state index in [0.29, 0.717) is 40.6 Å². The van der Waals surface area contributed by atoms with E-state index in [-0.39, 0.29) is 24.4 Å². The molecule has 0 spiro atoms. The summed E-state index contributed by atoms with van der Waals surface area (Å²) >= 11 is 6.42. The van der Waals surface area contributed by atoms with Crippen LogP contribution in [0.25, 0.3) is 16.8 Å². The zero-order valence-electron chi connectivity index (χ0n) is 23.6. The van der Waals surface area contributed by atoms with E-state index in [9.17, 15) is 14.3 Å². The van der Waals surface area contributed by atoms with Crippen LogP contribution in [0, 0.1) is 12.7 Å². The van der Waals surface area contributed by atoms with Gasteiger partial charge in [0.1, 0.15) is 40.6 Å². The van der Waals surface area contributed by atoms with Crippen molar-refractivity contribution in [3.63, 3.8) is 0 Å². The number of rotatable bonds is 6. The number of fused-ring (bicyclic) bond motifs is 1. The predicted molar refractivity (Wildman–Crippen MR) is 149 cm³/mol. The van der Waals surface area contributed by atoms with E-state index in [1.54, 1.807) is 21.7 Å². The van der Waals surface area contributed by atoms with Crippen LogP contribution in [0.4, 0.5) is 9.18 Å². The zero-order chi connectivity index (χ0) is 29.5. The lowest BCUT2D eigenvalue weighted by atomic mass is 10.0. The number of carbonyl (C=O) groups excluding carboxylic acids is 1. The van der Waals surface area contributed by atoms with E-state index in [2.05, 4.69) is 20.4 Å². The minimum atomic E-state index is -1.50. The number of aromatic nitrogens is 6. The second-order valence-electron chi connectivity index (χ2n) is 11.5. The number of aliphatic hydroxyl groups is 1. The molecule has 4 aromatic rings. The number of carbonyl (C=O) groups is 1. The Kier molecular flexibility index (Phi) is 7.64. The molecule has 0 saturated carbocycles. The van der Waals surface area contributed by atoms with Crippen molar-refractivity contribution in [2.75, 3.05) is 19.7 Å². The highest BCUT2D eigenvalue weighted by molar-refractivity contribution is 6.34. The van der Waals surface area contributed by atoms with Crippen LogP contribution >= 0.6 is 11.6 Å². The van der Waals surface area contributed by atoms with Crippen molar-refractivity contribution in [1.82, 2.24) is 34.5 Å². The van der Waals surface area contributed by atoms with E-state index >= 15 is 0 Å². The molecule has 1 unspecified atom stereocenters. The van der Waals surface area contributed by atoms with E-state index in [1.807, 2.05) is 32.4 Å². The number of nitrogens with zero attached hydrogens (tertiary/aromatic N) is 7. The summed E-state index contributed by atoms with van der Waals surface area (Å²) < 4.78 is 28.4. The van der Waals surface area contributed by atoms with Crippen LogP contribution in [-0.4, -0.2) is 71.0 Å². The maximum atomic E-state index is 13.3. The summed E-state index contributed by atoms with van der Waals surface area (Å²) in [7, 11) is 0. The fourth-order valence-corrected chi connectivity index (χ4v) is 5.07. The summed E-state index contributed by atoms with van der Waals surface area (Å²) in [4.78, 5) is 18.2. The van der Waals surface area contributed by atoms with Crippen molar-refractivity contribution in [3.8, 4) is 17.0 Å². The first-order valence-corrected chi connectivity index (χ1v) is 13.7. The van der Waals surface area contributed by atoms with Gasteiger partial charge in [0.15, 0.2) is 0 Å². The molecule has 13 heteroatoms. The third kappa shape index (κ3) is 6.13. The third-order valence-electron chi connectivity index (χ3n) is 6.98. The van der Waals surface area contributed by atoms with Gasteiger partial charge in [-0.1, -0.05) is 16.8 Å². The van der Waals surface area contributed by atoms with Crippen molar-refractivity contribution >= 4 is 23.2 Å². The average molecular weight is 586 g/mol. The van der Waals surface area contributed by atoms with Crippen LogP contribution in [0.1, 0.15) is 58.0 Å². The Balaban J connectivity index is 1.36. The van der Waals surface area contributed by atoms with Gasteiger partial charge in [0.05, 0.1) is 34.8 Å². The van der Waals surface area contributed by atoms with Gasteiger partial charge < -0.3 is 19.5 Å². The molecule has 1 aliphatic heterocycles. The molecule has 1 amide bonds. The predicted octanol–water partition coefficient (Wildman–Crippen LogP) is 4.95. The number of hydrogen-bond acceptors (Lipinski definition) is 8. The molecule has 0 aliphatic carbocycles. The summed E-state index contributed by atoms with van der Waals surface area (Å²) in [6.07, 6.45) is 5.48. The molecule has 0 radical (unpaired) electrons. The van der Waals surface area contributed by atoms with Gasteiger partial charge in [-0.05, 0) is 65.7 Å². The average Bonchev–Trinajstić information content (AvgIpc) is 3.49. The zero-order valence-corrected chi connectivity index (χ0v) is 24.4. The van der Waals surface area contributed by atoms with Gasteiger partial charge in [0.2, 0.25) is 0 Å². The lowest BCUT2D eigenvalue weighted by Gasteiger charge is -2.33. The van der Waals surface area contributed by atoms with E-state index in [0.717, 1.165) is 24.7 Å². The highest BCUT2D eigenvalue weighted by Crippen LogP contribution is 2.35. The monoisotopic (exact) mass is 585 g/mol. The first kappa shape index (κ1) is 28.7. The number of pyridine rings is 2. The van der Waals surface area contributed by atoms with Crippen LogP contribution in [-0.2, 0) is 10.3 Å². The molecule has 5 heterocycles. The third-order valence-corrected chi connectivity index (χ3v) is 7.26. The van der Waals surface area contributed by atoms with Crippen LogP contribution < -0.4 is 4.74 Å². The molecule has 4 aromatic heterocycles. The summed E-state index contributed by atoms with van der Waals surface area (Å²) in [5.74, 6) is -0.116. The first-order chi connectivity index (χ1) is 19.3. The first-order valence-electron chi connectivity index (χ1n) is 13.4. The molecule has 1 atom stereocenters. The Morgan fingerprint density at radius 2 is 1.93 bits per heavy atom. The molecule has 218 valence electrons. The highest BCUT2D eigenvalue weighted by Gasteiger charge is 2.30. The topological polar surface area (TPSA) is 120 Å². The molecule has 1 N–H and O–H groups in total. The molecule has 41 heavy (non-hydrogen) atoms. The quantitative estimate of drug-likeness (QED) is 0.338. The van der Waals surface area contributed by atoms with Crippen LogP contribution in [0.15, 0.2) is 36.8 Å². The molecule has 5 rings (SSSR count). The van der Waals surface area contributed by atoms with Crippen molar-refractivity contribution in [3.05, 3.63) is 59.0 Å². The minimum absolute atomic E-state index is 0.0758. The van der Waals surface area contributed by atoms with E-state index in [1.165, 1.54) is 25.3 Å². The van der Waals surface area contributed by atoms with E-state index in [4.69, 9.17) is 21.1 Å². The molecule has 1 fully saturated rings. The number of amides is 1. The summed E-state index contributed by atoms with van der Waals surface area (Å²) in [5.41, 5.74) is 0.945. The van der Waals surface area contributed by atoms with Gasteiger partial charge in [0.25, 0.3) is 0 Å². The van der Waals surface area contributed by atoms with Crippen molar-refractivity contribution in [1.29, 1.82) is 0 Å². The lowest BCUT2D eigenvalue weighted by molar-refractivity contribution is 0.00419. The fraction of sp³-hybridized carbons (Fsp3) is 0.464. The highest BCUT2D eigenvalue weighted by atomic mass is 35.5. The molecular weight excluding hydrogens is 553 g/mol. The maximum absolute atomic E-state index is 13.3. The number of piperidine rings is 1. The van der Waals surface area contributed by atoms with Crippen LogP contribution in [0.3, 0.4) is 0 Å². The van der Waals surface area contributed by atoms with Gasteiger partial charge >= 0.3 is 6.09 Å². The number of hydrogen-bond donors (Lipinski definition) is 1. The standard InChI is InChI=1S/C28H33ClFN7O4/c1-17-24(33-34-37(17)20-8-10-35(11-9-20)26(38)41-27(2,3)4)18-12-22(25-21(29)14-32-36(25)15-18)40-16-28(5,39)23-7-6-19(30)13-31-23/h6-7,12-15,20,39H,8-11,16H2,1-5H3. The van der Waals surface area contributed by atoms with Gasteiger partial charge in [-0.3, -0.25) is 4.98 Å². The maximum Gasteiger partial charge on any atom is 0.410 e. The smallest absolute Gasteiger partial charge is 0.410 e. The molecule has 0 bridgehead atoms. The Morgan fingerprint density at radius 1 is 1.20 bits per heavy atom. The van der Waals surface area contributed by atoms with Crippen LogP contribution in [0.2, 0.25) is 5.02 Å². The molecule has 11 nitrogen and oxygen atoms in total. The second kappa shape index (κ2) is 10.9. The molecular formula is C28H33ClFN7O4. The van der Waals surface area contributed by atoms with Crippen molar-refractivity contribution in [2.45, 2.75) is 64.7 Å². The number of halogens is 2. The van der Waals surface area contributed by atoms with Crippen LogP contribution in [0.5, 0.6) is 5.75 Å². The molecule has 0 aromatic carbocycles. The van der Waals surface area contributed by atoms with Gasteiger partial charge in [-0.25, -0.2) is 18.4 Å². The number of likely N-dealkylation sites (tertiary alicyclic amines) is 1. The normalized spacial score (nSPS) is 16.1. The van der Waals surface area contributed by atoms with Gasteiger partial charge in [-0.2, -0.15) is 5.10 Å². The Labute approximate surface area is 241 Å². The van der Waals surface area contributed by atoms with Gasteiger partial charge in [0, 0.05) is 24.8 Å². The van der Waals surface area contributed by atoms with Crippen molar-refractivity contribution in [2.24, 2.45) is 0 Å². The lowest BCUT2D eigenvalue weighted by Crippen LogP contribution is -2.42. The van der Waals surface area contributed by atoms with E-state index < -0.39 is 17.0 Å². The SMILES string of the molecule is Cc1c(-c2cc(OCC(C)(O)c3ccc(F)cn3)c3c(Cl)cnn3c2)nnn1C1CCN(C(=O)OC(C)(C)C)CC1.